The van der Waals surface area contributed by atoms with Crippen LogP contribution in [0.1, 0.15) is 18.9 Å². The third-order valence-corrected chi connectivity index (χ3v) is 2.59. The normalized spacial score (nSPS) is 12.4. The van der Waals surface area contributed by atoms with Crippen molar-refractivity contribution in [3.05, 3.63) is 39.9 Å². The van der Waals surface area contributed by atoms with Crippen LogP contribution in [0, 0.1) is 10.1 Å². The number of nitrogens with zero attached hydrogens (tertiary/aromatic N) is 1. The molecule has 1 aromatic carbocycles. The Morgan fingerprint density at radius 3 is 2.59 bits per heavy atom. The molecule has 0 amide bonds. The van der Waals surface area contributed by atoms with Gasteiger partial charge in [0.15, 0.2) is 0 Å². The number of nitro groups is 1. The Balaban J connectivity index is 2.30. The van der Waals surface area contributed by atoms with E-state index in [0.717, 1.165) is 24.9 Å². The standard InChI is InChI=1S/C12H18N2O3/c1-2-12(15)9-13-8-7-10-3-5-11(6-4-10)14(16)17/h3-6,12-13,15H,2,7-9H2,1H3. The minimum atomic E-state index is -0.403. The quantitative estimate of drug-likeness (QED) is 0.429. The van der Waals surface area contributed by atoms with Gasteiger partial charge in [-0.1, -0.05) is 19.1 Å². The predicted octanol–water partition coefficient (Wildman–Crippen LogP) is 1.50. The first kappa shape index (κ1) is 13.6. The average molecular weight is 238 g/mol. The summed E-state index contributed by atoms with van der Waals surface area (Å²) in [7, 11) is 0. The van der Waals surface area contributed by atoms with E-state index in [-0.39, 0.29) is 11.8 Å². The molecule has 0 fully saturated rings. The first-order valence-corrected chi connectivity index (χ1v) is 5.75. The minimum absolute atomic E-state index is 0.114. The second-order valence-corrected chi connectivity index (χ2v) is 3.94. The van der Waals surface area contributed by atoms with Gasteiger partial charge >= 0.3 is 0 Å². The summed E-state index contributed by atoms with van der Waals surface area (Å²) in [6.07, 6.45) is 1.24. The lowest BCUT2D eigenvalue weighted by Crippen LogP contribution is -2.27. The molecule has 94 valence electrons. The van der Waals surface area contributed by atoms with E-state index in [1.807, 2.05) is 6.92 Å². The monoisotopic (exact) mass is 238 g/mol. The Morgan fingerprint density at radius 1 is 1.41 bits per heavy atom. The Morgan fingerprint density at radius 2 is 2.06 bits per heavy atom. The molecular weight excluding hydrogens is 220 g/mol. The zero-order valence-corrected chi connectivity index (χ0v) is 9.93. The number of nitro benzene ring substituents is 1. The Kier molecular flexibility index (Phi) is 5.59. The van der Waals surface area contributed by atoms with E-state index in [9.17, 15) is 15.2 Å². The Hall–Kier alpha value is -1.46. The molecule has 0 heterocycles. The van der Waals surface area contributed by atoms with Gasteiger partial charge in [-0.25, -0.2) is 0 Å². The third-order valence-electron chi connectivity index (χ3n) is 2.59. The second-order valence-electron chi connectivity index (χ2n) is 3.94. The number of hydrogen-bond acceptors (Lipinski definition) is 4. The highest BCUT2D eigenvalue weighted by Crippen LogP contribution is 2.11. The first-order valence-electron chi connectivity index (χ1n) is 5.75. The number of rotatable bonds is 7. The molecule has 1 unspecified atom stereocenters. The lowest BCUT2D eigenvalue weighted by Gasteiger charge is -2.09. The van der Waals surface area contributed by atoms with E-state index in [4.69, 9.17) is 0 Å². The molecule has 1 rings (SSSR count). The summed E-state index contributed by atoms with van der Waals surface area (Å²) in [5, 5.41) is 22.9. The van der Waals surface area contributed by atoms with Crippen LogP contribution in [0.3, 0.4) is 0 Å². The SMILES string of the molecule is CCC(O)CNCCc1ccc([N+](=O)[O-])cc1. The van der Waals surface area contributed by atoms with Crippen LogP contribution in [-0.4, -0.2) is 29.2 Å². The minimum Gasteiger partial charge on any atom is -0.392 e. The Labute approximate surface area is 101 Å². The van der Waals surface area contributed by atoms with Crippen LogP contribution in [0.15, 0.2) is 24.3 Å². The summed E-state index contributed by atoms with van der Waals surface area (Å²) in [6, 6.07) is 6.54. The molecule has 0 bridgehead atoms. The number of aliphatic hydroxyl groups is 1. The summed E-state index contributed by atoms with van der Waals surface area (Å²) in [4.78, 5) is 10.0. The van der Waals surface area contributed by atoms with Gasteiger partial charge in [0.2, 0.25) is 0 Å². The van der Waals surface area contributed by atoms with Crippen LogP contribution < -0.4 is 5.32 Å². The van der Waals surface area contributed by atoms with Crippen LogP contribution in [-0.2, 0) is 6.42 Å². The molecule has 5 nitrogen and oxygen atoms in total. The molecule has 0 radical (unpaired) electrons. The number of benzene rings is 1. The molecule has 0 aromatic heterocycles. The van der Waals surface area contributed by atoms with Crippen molar-refractivity contribution in [3.8, 4) is 0 Å². The molecule has 0 aliphatic carbocycles. The summed E-state index contributed by atoms with van der Waals surface area (Å²) >= 11 is 0. The number of nitrogens with one attached hydrogen (secondary N) is 1. The van der Waals surface area contributed by atoms with Crippen LogP contribution in [0.2, 0.25) is 0 Å². The maximum Gasteiger partial charge on any atom is 0.269 e. The van der Waals surface area contributed by atoms with Gasteiger partial charge in [0.25, 0.3) is 5.69 Å². The smallest absolute Gasteiger partial charge is 0.269 e. The lowest BCUT2D eigenvalue weighted by molar-refractivity contribution is -0.384. The van der Waals surface area contributed by atoms with Crippen molar-refractivity contribution >= 4 is 5.69 Å². The van der Waals surface area contributed by atoms with Gasteiger partial charge in [-0.15, -0.1) is 0 Å². The molecule has 0 saturated heterocycles. The highest BCUT2D eigenvalue weighted by atomic mass is 16.6. The predicted molar refractivity (Wildman–Crippen MR) is 66.0 cm³/mol. The first-order chi connectivity index (χ1) is 8.13. The van der Waals surface area contributed by atoms with Crippen LogP contribution in [0.4, 0.5) is 5.69 Å². The van der Waals surface area contributed by atoms with Crippen molar-refractivity contribution in [2.24, 2.45) is 0 Å². The van der Waals surface area contributed by atoms with Crippen molar-refractivity contribution in [2.75, 3.05) is 13.1 Å². The van der Waals surface area contributed by atoms with E-state index in [2.05, 4.69) is 5.32 Å². The van der Waals surface area contributed by atoms with Crippen molar-refractivity contribution < 1.29 is 10.0 Å². The highest BCUT2D eigenvalue weighted by Gasteiger charge is 2.04. The van der Waals surface area contributed by atoms with E-state index < -0.39 is 4.92 Å². The number of aliphatic hydroxyl groups excluding tert-OH is 1. The molecule has 0 aliphatic heterocycles. The van der Waals surface area contributed by atoms with Crippen LogP contribution in [0.25, 0.3) is 0 Å². The van der Waals surface area contributed by atoms with Gasteiger partial charge in [0.05, 0.1) is 11.0 Å². The molecule has 2 N–H and O–H groups in total. The van der Waals surface area contributed by atoms with Crippen molar-refractivity contribution in [3.63, 3.8) is 0 Å². The van der Waals surface area contributed by atoms with E-state index in [0.29, 0.717) is 6.54 Å². The van der Waals surface area contributed by atoms with Gasteiger partial charge in [-0.3, -0.25) is 10.1 Å². The highest BCUT2D eigenvalue weighted by molar-refractivity contribution is 5.32. The topological polar surface area (TPSA) is 75.4 Å². The maximum absolute atomic E-state index is 10.4. The maximum atomic E-state index is 10.4. The summed E-state index contributed by atoms with van der Waals surface area (Å²) in [6.45, 7) is 3.28. The van der Waals surface area contributed by atoms with Gasteiger partial charge in [-0.2, -0.15) is 0 Å². The fraction of sp³-hybridized carbons (Fsp3) is 0.500. The van der Waals surface area contributed by atoms with Crippen LogP contribution in [0.5, 0.6) is 0 Å². The molecule has 1 aromatic rings. The van der Waals surface area contributed by atoms with Crippen molar-refractivity contribution in [2.45, 2.75) is 25.9 Å². The van der Waals surface area contributed by atoms with Crippen molar-refractivity contribution in [1.29, 1.82) is 0 Å². The van der Waals surface area contributed by atoms with E-state index in [1.165, 1.54) is 12.1 Å². The van der Waals surface area contributed by atoms with Gasteiger partial charge in [0, 0.05) is 18.7 Å². The molecule has 0 aliphatic rings. The third kappa shape index (κ3) is 4.93. The van der Waals surface area contributed by atoms with Crippen LogP contribution >= 0.6 is 0 Å². The van der Waals surface area contributed by atoms with E-state index >= 15 is 0 Å². The molecule has 17 heavy (non-hydrogen) atoms. The largest absolute Gasteiger partial charge is 0.392 e. The van der Waals surface area contributed by atoms with Gasteiger partial charge in [0.1, 0.15) is 0 Å². The molecular formula is C12H18N2O3. The zero-order chi connectivity index (χ0) is 12.7. The number of hydrogen-bond donors (Lipinski definition) is 2. The lowest BCUT2D eigenvalue weighted by atomic mass is 10.1. The summed E-state index contributed by atoms with van der Waals surface area (Å²) in [5.41, 5.74) is 1.16. The van der Waals surface area contributed by atoms with Crippen molar-refractivity contribution in [1.82, 2.24) is 5.32 Å². The molecule has 1 atom stereocenters. The summed E-state index contributed by atoms with van der Waals surface area (Å²) in [5.74, 6) is 0. The fourth-order valence-electron chi connectivity index (χ4n) is 1.43. The average Bonchev–Trinajstić information content (AvgIpc) is 2.34. The van der Waals surface area contributed by atoms with E-state index in [1.54, 1.807) is 12.1 Å². The summed E-state index contributed by atoms with van der Waals surface area (Å²) < 4.78 is 0. The molecule has 0 spiro atoms. The Bertz CT molecular complexity index is 351. The fourth-order valence-corrected chi connectivity index (χ4v) is 1.43. The molecule has 0 saturated carbocycles. The van der Waals surface area contributed by atoms with Gasteiger partial charge < -0.3 is 10.4 Å². The second kappa shape index (κ2) is 6.98. The molecule has 5 heteroatoms. The zero-order valence-electron chi connectivity index (χ0n) is 9.93. The van der Waals surface area contributed by atoms with Gasteiger partial charge in [-0.05, 0) is 24.9 Å². The number of non-ortho nitro benzene ring substituents is 1.